The number of hydrogen-bond acceptors (Lipinski definition) is 3. The van der Waals surface area contributed by atoms with E-state index in [-0.39, 0.29) is 28.3 Å². The number of ether oxygens (including phenoxy) is 1. The minimum absolute atomic E-state index is 0.0692. The first-order valence-corrected chi connectivity index (χ1v) is 11.0. The van der Waals surface area contributed by atoms with Crippen molar-refractivity contribution in [3.05, 3.63) is 11.6 Å². The minimum atomic E-state index is -0.152. The van der Waals surface area contributed by atoms with Gasteiger partial charge in [-0.15, -0.1) is 0 Å². The van der Waals surface area contributed by atoms with E-state index in [1.54, 1.807) is 0 Å². The summed E-state index contributed by atoms with van der Waals surface area (Å²) in [6, 6.07) is 0. The Kier molecular flexibility index (Phi) is 4.40. The number of esters is 1. The highest BCUT2D eigenvalue weighted by molar-refractivity contribution is 5.83. The fraction of sp³-hybridized carbons (Fsp3) is 0.833. The topological polar surface area (TPSA) is 43.4 Å². The quantitative estimate of drug-likeness (QED) is 0.476. The summed E-state index contributed by atoms with van der Waals surface area (Å²) in [5.41, 5.74) is 1.82. The van der Waals surface area contributed by atoms with Gasteiger partial charge in [0.05, 0.1) is 0 Å². The number of fused-ring (bicyclic) bond motifs is 5. The highest BCUT2D eigenvalue weighted by Gasteiger charge is 2.63. The maximum absolute atomic E-state index is 12.5. The Hall–Kier alpha value is -1.12. The fourth-order valence-electron chi connectivity index (χ4n) is 7.81. The average molecular weight is 373 g/mol. The van der Waals surface area contributed by atoms with Gasteiger partial charge in [-0.05, 0) is 80.5 Å². The molecule has 0 saturated heterocycles. The standard InChI is InChI=1S/C24H36O3/c1-15(25)23(4)12-10-21-19-7-6-17-14-18(27-16(2)26)8-11-22(17,3)20(19)9-13-24(21,23)5/h6,18-21H,7-14H2,1-5H3/t18-,19+,20-,21-,22-,23+,24-/m0/s1. The second-order valence-corrected chi connectivity index (χ2v) is 10.6. The van der Waals surface area contributed by atoms with Crippen LogP contribution < -0.4 is 0 Å². The summed E-state index contributed by atoms with van der Waals surface area (Å²) in [4.78, 5) is 23.9. The molecule has 4 aliphatic carbocycles. The molecule has 0 heterocycles. The van der Waals surface area contributed by atoms with Crippen LogP contribution in [0.15, 0.2) is 11.6 Å². The van der Waals surface area contributed by atoms with Gasteiger partial charge in [-0.25, -0.2) is 0 Å². The van der Waals surface area contributed by atoms with Gasteiger partial charge >= 0.3 is 5.97 Å². The molecule has 0 aromatic rings. The minimum Gasteiger partial charge on any atom is -0.462 e. The summed E-state index contributed by atoms with van der Waals surface area (Å²) in [7, 11) is 0. The van der Waals surface area contributed by atoms with Crippen LogP contribution in [-0.4, -0.2) is 17.9 Å². The van der Waals surface area contributed by atoms with Gasteiger partial charge < -0.3 is 4.74 Å². The second kappa shape index (κ2) is 6.19. The van der Waals surface area contributed by atoms with Crippen molar-refractivity contribution in [1.29, 1.82) is 0 Å². The Balaban J connectivity index is 1.61. The van der Waals surface area contributed by atoms with Crippen molar-refractivity contribution in [2.24, 2.45) is 34.0 Å². The first-order valence-electron chi connectivity index (χ1n) is 11.0. The van der Waals surface area contributed by atoms with Crippen LogP contribution >= 0.6 is 0 Å². The molecule has 7 atom stereocenters. The van der Waals surface area contributed by atoms with Gasteiger partial charge in [0.15, 0.2) is 0 Å². The molecule has 4 rings (SSSR count). The molecule has 27 heavy (non-hydrogen) atoms. The van der Waals surface area contributed by atoms with Crippen LogP contribution in [0.5, 0.6) is 0 Å². The third-order valence-electron chi connectivity index (χ3n) is 9.77. The molecule has 0 aliphatic heterocycles. The van der Waals surface area contributed by atoms with Crippen molar-refractivity contribution in [2.75, 3.05) is 0 Å². The van der Waals surface area contributed by atoms with E-state index in [1.807, 2.05) is 6.92 Å². The molecule has 4 aliphatic rings. The number of hydrogen-bond donors (Lipinski definition) is 0. The van der Waals surface area contributed by atoms with Gasteiger partial charge in [-0.1, -0.05) is 32.4 Å². The normalized spacial score (nSPS) is 48.7. The van der Waals surface area contributed by atoms with Crippen LogP contribution in [-0.2, 0) is 14.3 Å². The smallest absolute Gasteiger partial charge is 0.302 e. The van der Waals surface area contributed by atoms with Crippen LogP contribution in [0.3, 0.4) is 0 Å². The summed E-state index contributed by atoms with van der Waals surface area (Å²) in [5, 5.41) is 0. The van der Waals surface area contributed by atoms with Crippen LogP contribution in [0.25, 0.3) is 0 Å². The molecule has 3 fully saturated rings. The van der Waals surface area contributed by atoms with E-state index >= 15 is 0 Å². The summed E-state index contributed by atoms with van der Waals surface area (Å²) >= 11 is 0. The van der Waals surface area contributed by atoms with E-state index in [2.05, 4.69) is 26.8 Å². The van der Waals surface area contributed by atoms with E-state index in [0.29, 0.717) is 17.6 Å². The van der Waals surface area contributed by atoms with Gasteiger partial charge in [-0.3, -0.25) is 9.59 Å². The lowest BCUT2D eigenvalue weighted by Gasteiger charge is -2.59. The molecule has 0 spiro atoms. The van der Waals surface area contributed by atoms with E-state index in [0.717, 1.165) is 38.0 Å². The Labute approximate surface area is 164 Å². The molecule has 0 aromatic heterocycles. The molecule has 0 N–H and O–H groups in total. The Bertz CT molecular complexity index is 694. The van der Waals surface area contributed by atoms with E-state index in [4.69, 9.17) is 4.74 Å². The number of ketones is 1. The van der Waals surface area contributed by atoms with Crippen LogP contribution in [0.1, 0.15) is 86.0 Å². The Morgan fingerprint density at radius 1 is 1.00 bits per heavy atom. The zero-order valence-electron chi connectivity index (χ0n) is 17.8. The number of carbonyl (C=O) groups excluding carboxylic acids is 2. The average Bonchev–Trinajstić information content (AvgIpc) is 2.87. The lowest BCUT2D eigenvalue weighted by molar-refractivity contribution is -0.149. The fourth-order valence-corrected chi connectivity index (χ4v) is 7.81. The first-order chi connectivity index (χ1) is 12.6. The first kappa shape index (κ1) is 19.2. The Morgan fingerprint density at radius 2 is 1.70 bits per heavy atom. The molecule has 3 saturated carbocycles. The predicted molar refractivity (Wildman–Crippen MR) is 106 cm³/mol. The maximum Gasteiger partial charge on any atom is 0.302 e. The molecule has 3 nitrogen and oxygen atoms in total. The molecule has 3 heteroatoms. The zero-order valence-corrected chi connectivity index (χ0v) is 17.8. The molecule has 0 bridgehead atoms. The lowest BCUT2D eigenvalue weighted by Crippen LogP contribution is -2.53. The van der Waals surface area contributed by atoms with Gasteiger partial charge in [0.1, 0.15) is 11.9 Å². The molecule has 0 amide bonds. The Morgan fingerprint density at radius 3 is 2.37 bits per heavy atom. The van der Waals surface area contributed by atoms with Gasteiger partial charge in [0.25, 0.3) is 0 Å². The van der Waals surface area contributed by atoms with Crippen LogP contribution in [0, 0.1) is 34.0 Å². The second-order valence-electron chi connectivity index (χ2n) is 10.6. The molecule has 0 aromatic carbocycles. The van der Waals surface area contributed by atoms with E-state index < -0.39 is 0 Å². The largest absolute Gasteiger partial charge is 0.462 e. The van der Waals surface area contributed by atoms with E-state index in [1.165, 1.54) is 31.8 Å². The monoisotopic (exact) mass is 372 g/mol. The number of Topliss-reactive ketones (excluding diaryl/α,β-unsaturated/α-hetero) is 1. The van der Waals surface area contributed by atoms with E-state index in [9.17, 15) is 9.59 Å². The van der Waals surface area contributed by atoms with Crippen LogP contribution in [0.4, 0.5) is 0 Å². The molecule has 150 valence electrons. The van der Waals surface area contributed by atoms with Crippen molar-refractivity contribution in [3.8, 4) is 0 Å². The third-order valence-corrected chi connectivity index (χ3v) is 9.77. The van der Waals surface area contributed by atoms with Crippen molar-refractivity contribution < 1.29 is 14.3 Å². The zero-order chi connectivity index (χ0) is 19.6. The summed E-state index contributed by atoms with van der Waals surface area (Å²) in [5.74, 6) is 2.35. The highest BCUT2D eigenvalue weighted by Crippen LogP contribution is 2.69. The van der Waals surface area contributed by atoms with Crippen LogP contribution in [0.2, 0.25) is 0 Å². The summed E-state index contributed by atoms with van der Waals surface area (Å²) in [6.45, 7) is 10.5. The van der Waals surface area contributed by atoms with Gasteiger partial charge in [0.2, 0.25) is 0 Å². The van der Waals surface area contributed by atoms with Crippen molar-refractivity contribution in [2.45, 2.75) is 92.1 Å². The SMILES string of the molecule is CC(=O)O[C@H]1CC[C@@]2(C)C(=CC[C@@H]3[C@@H]2CC[C@@]2(C)[C@H]3CC[C@]2(C)C(C)=O)C1. The summed E-state index contributed by atoms with van der Waals surface area (Å²) < 4.78 is 5.54. The lowest BCUT2D eigenvalue weighted by atomic mass is 9.45. The molecular weight excluding hydrogens is 336 g/mol. The van der Waals surface area contributed by atoms with Crippen molar-refractivity contribution in [3.63, 3.8) is 0 Å². The van der Waals surface area contributed by atoms with Gasteiger partial charge in [0, 0.05) is 18.8 Å². The molecular formula is C24H36O3. The number of allylic oxidation sites excluding steroid dienone is 1. The third kappa shape index (κ3) is 2.59. The molecule has 0 radical (unpaired) electrons. The van der Waals surface area contributed by atoms with Gasteiger partial charge in [-0.2, -0.15) is 0 Å². The van der Waals surface area contributed by atoms with Crippen molar-refractivity contribution in [1.82, 2.24) is 0 Å². The van der Waals surface area contributed by atoms with Crippen molar-refractivity contribution >= 4 is 11.8 Å². The highest BCUT2D eigenvalue weighted by atomic mass is 16.5. The summed E-state index contributed by atoms with van der Waals surface area (Å²) in [6.07, 6.45) is 11.5. The number of carbonyl (C=O) groups is 2. The number of rotatable bonds is 2. The molecule has 0 unspecified atom stereocenters. The maximum atomic E-state index is 12.5. The predicted octanol–water partition coefficient (Wildman–Crippen LogP) is 5.48.